The van der Waals surface area contributed by atoms with Crippen molar-refractivity contribution >= 4 is 5.96 Å². The molecule has 0 saturated heterocycles. The maximum Gasteiger partial charge on any atom is 0.191 e. The molecule has 0 radical (unpaired) electrons. The third-order valence-corrected chi connectivity index (χ3v) is 3.85. The quantitative estimate of drug-likeness (QED) is 0.635. The second kappa shape index (κ2) is 3.14. The van der Waals surface area contributed by atoms with Gasteiger partial charge < -0.3 is 10.6 Å². The fourth-order valence-electron chi connectivity index (χ4n) is 3.32. The topological polar surface area (TPSA) is 41.6 Å². The molecule has 14 heavy (non-hydrogen) atoms. The molecule has 80 valence electrons. The van der Waals surface area contributed by atoms with Gasteiger partial charge in [-0.3, -0.25) is 4.99 Å². The minimum Gasteiger partial charge on any atom is -0.370 e. The molecular weight excluding hydrogens is 174 g/mol. The van der Waals surface area contributed by atoms with Crippen LogP contribution in [0.1, 0.15) is 33.1 Å². The van der Waals surface area contributed by atoms with Gasteiger partial charge in [-0.2, -0.15) is 0 Å². The highest BCUT2D eigenvalue weighted by atomic mass is 15.3. The van der Waals surface area contributed by atoms with E-state index >= 15 is 0 Å². The van der Waals surface area contributed by atoms with E-state index in [4.69, 9.17) is 5.73 Å². The maximum absolute atomic E-state index is 5.85. The second-order valence-corrected chi connectivity index (χ2v) is 5.31. The summed E-state index contributed by atoms with van der Waals surface area (Å²) in [4.78, 5) is 6.59. The lowest BCUT2D eigenvalue weighted by Crippen LogP contribution is -2.53. The number of hydrogen-bond donors (Lipinski definition) is 1. The van der Waals surface area contributed by atoms with E-state index in [-0.39, 0.29) is 5.54 Å². The van der Waals surface area contributed by atoms with Crippen LogP contribution in [0.15, 0.2) is 4.99 Å². The van der Waals surface area contributed by atoms with Crippen LogP contribution in [-0.2, 0) is 0 Å². The Morgan fingerprint density at radius 1 is 1.36 bits per heavy atom. The first kappa shape index (κ1) is 9.81. The third kappa shape index (κ3) is 1.39. The molecule has 2 rings (SSSR count). The van der Waals surface area contributed by atoms with Crippen molar-refractivity contribution in [3.05, 3.63) is 0 Å². The average molecular weight is 195 g/mol. The van der Waals surface area contributed by atoms with E-state index in [1.807, 2.05) is 0 Å². The minimum absolute atomic E-state index is 0.251. The summed E-state index contributed by atoms with van der Waals surface area (Å²) in [5.41, 5.74) is 6.10. The zero-order valence-electron chi connectivity index (χ0n) is 9.45. The Morgan fingerprint density at radius 3 is 2.36 bits per heavy atom. The Hall–Kier alpha value is -0.730. The molecule has 2 unspecified atom stereocenters. The van der Waals surface area contributed by atoms with Crippen LogP contribution < -0.4 is 5.73 Å². The van der Waals surface area contributed by atoms with Crippen molar-refractivity contribution in [2.45, 2.75) is 38.6 Å². The number of guanidine groups is 1. The van der Waals surface area contributed by atoms with Crippen LogP contribution >= 0.6 is 0 Å². The minimum atomic E-state index is 0.251. The van der Waals surface area contributed by atoms with Crippen LogP contribution in [0.4, 0.5) is 0 Å². The Bertz CT molecular complexity index is 249. The van der Waals surface area contributed by atoms with Gasteiger partial charge in [-0.05, 0) is 31.1 Å². The predicted octanol–water partition coefficient (Wildman–Crippen LogP) is 1.44. The average Bonchev–Trinajstić information content (AvgIpc) is 2.32. The maximum atomic E-state index is 5.85. The van der Waals surface area contributed by atoms with Gasteiger partial charge in [-0.1, -0.05) is 13.8 Å². The van der Waals surface area contributed by atoms with E-state index in [1.165, 1.54) is 19.3 Å². The Morgan fingerprint density at radius 2 is 1.93 bits per heavy atom. The summed E-state index contributed by atoms with van der Waals surface area (Å²) in [6, 6.07) is 0. The van der Waals surface area contributed by atoms with Gasteiger partial charge in [0.15, 0.2) is 5.96 Å². The number of rotatable bonds is 0. The van der Waals surface area contributed by atoms with E-state index in [9.17, 15) is 0 Å². The molecule has 1 aliphatic carbocycles. The van der Waals surface area contributed by atoms with Crippen LogP contribution in [0.3, 0.4) is 0 Å². The summed E-state index contributed by atoms with van der Waals surface area (Å²) in [7, 11) is 2.09. The summed E-state index contributed by atoms with van der Waals surface area (Å²) >= 11 is 0. The van der Waals surface area contributed by atoms with Crippen LogP contribution in [0.5, 0.6) is 0 Å². The molecule has 2 aliphatic rings. The van der Waals surface area contributed by atoms with E-state index in [2.05, 4.69) is 30.8 Å². The van der Waals surface area contributed by atoms with Crippen LogP contribution in [0.2, 0.25) is 0 Å². The molecule has 0 aromatic rings. The molecular formula is C11H21N3. The molecule has 0 aromatic carbocycles. The Labute approximate surface area is 86.4 Å². The highest BCUT2D eigenvalue weighted by molar-refractivity contribution is 5.80. The lowest BCUT2D eigenvalue weighted by Gasteiger charge is -2.44. The van der Waals surface area contributed by atoms with Crippen LogP contribution in [0.25, 0.3) is 0 Å². The van der Waals surface area contributed by atoms with Crippen molar-refractivity contribution in [3.63, 3.8) is 0 Å². The highest BCUT2D eigenvalue weighted by Crippen LogP contribution is 2.41. The van der Waals surface area contributed by atoms with Crippen molar-refractivity contribution < 1.29 is 0 Å². The fourth-order valence-corrected chi connectivity index (χ4v) is 3.32. The van der Waals surface area contributed by atoms with Gasteiger partial charge >= 0.3 is 0 Å². The summed E-state index contributed by atoms with van der Waals surface area (Å²) in [6.45, 7) is 5.60. The van der Waals surface area contributed by atoms with Crippen molar-refractivity contribution in [3.8, 4) is 0 Å². The van der Waals surface area contributed by atoms with Crippen LogP contribution in [-0.4, -0.2) is 30.0 Å². The number of aliphatic imine (C=N–C) groups is 1. The smallest absolute Gasteiger partial charge is 0.191 e. The monoisotopic (exact) mass is 195 g/mol. The van der Waals surface area contributed by atoms with E-state index in [1.54, 1.807) is 0 Å². The van der Waals surface area contributed by atoms with Crippen LogP contribution in [0, 0.1) is 11.8 Å². The molecule has 3 nitrogen and oxygen atoms in total. The molecule has 3 heteroatoms. The van der Waals surface area contributed by atoms with Gasteiger partial charge in [-0.25, -0.2) is 0 Å². The van der Waals surface area contributed by atoms with Crippen molar-refractivity contribution in [1.29, 1.82) is 0 Å². The zero-order valence-corrected chi connectivity index (χ0v) is 9.45. The van der Waals surface area contributed by atoms with E-state index < -0.39 is 0 Å². The Kier molecular flexibility index (Phi) is 2.20. The number of nitrogens with zero attached hydrogens (tertiary/aromatic N) is 2. The lowest BCUT2D eigenvalue weighted by atomic mass is 9.71. The molecule has 2 N–H and O–H groups in total. The summed E-state index contributed by atoms with van der Waals surface area (Å²) in [6.07, 6.45) is 3.85. The fraction of sp³-hybridized carbons (Fsp3) is 0.909. The van der Waals surface area contributed by atoms with Gasteiger partial charge in [0.1, 0.15) is 0 Å². The summed E-state index contributed by atoms with van der Waals surface area (Å²) < 4.78 is 0. The number of nitrogens with two attached hydrogens (primary N) is 1. The predicted molar refractivity (Wildman–Crippen MR) is 59.2 cm³/mol. The first-order valence-corrected chi connectivity index (χ1v) is 5.57. The summed E-state index contributed by atoms with van der Waals surface area (Å²) in [5, 5.41) is 0. The molecule has 0 aromatic heterocycles. The molecule has 1 fully saturated rings. The standard InChI is InChI=1S/C11H21N3/c1-8-4-9(2)6-11(5-8)7-13-10(12)14(11)3/h8-9H,4-7H2,1-3H3,(H2,12,13). The molecule has 2 atom stereocenters. The molecule has 0 amide bonds. The van der Waals surface area contributed by atoms with Gasteiger partial charge in [0.2, 0.25) is 0 Å². The van der Waals surface area contributed by atoms with Crippen molar-refractivity contribution in [2.24, 2.45) is 22.6 Å². The van der Waals surface area contributed by atoms with Gasteiger partial charge in [-0.15, -0.1) is 0 Å². The molecule has 0 bridgehead atoms. The first-order chi connectivity index (χ1) is 6.53. The first-order valence-electron chi connectivity index (χ1n) is 5.57. The number of likely N-dealkylation sites (N-methyl/N-ethyl adjacent to an activating group) is 1. The highest BCUT2D eigenvalue weighted by Gasteiger charge is 2.44. The van der Waals surface area contributed by atoms with Gasteiger partial charge in [0.05, 0.1) is 12.1 Å². The molecule has 1 heterocycles. The molecule has 1 aliphatic heterocycles. The van der Waals surface area contributed by atoms with Gasteiger partial charge in [0, 0.05) is 7.05 Å². The zero-order chi connectivity index (χ0) is 10.3. The Balaban J connectivity index is 2.17. The normalized spacial score (nSPS) is 43.1. The molecule has 1 saturated carbocycles. The van der Waals surface area contributed by atoms with Crippen molar-refractivity contribution in [2.75, 3.05) is 13.6 Å². The van der Waals surface area contributed by atoms with E-state index in [0.717, 1.165) is 24.3 Å². The number of hydrogen-bond acceptors (Lipinski definition) is 3. The molecule has 1 spiro atoms. The summed E-state index contributed by atoms with van der Waals surface area (Å²) in [5.74, 6) is 2.34. The largest absolute Gasteiger partial charge is 0.370 e. The lowest BCUT2D eigenvalue weighted by molar-refractivity contribution is 0.0999. The van der Waals surface area contributed by atoms with Crippen molar-refractivity contribution in [1.82, 2.24) is 4.90 Å². The second-order valence-electron chi connectivity index (χ2n) is 5.31. The van der Waals surface area contributed by atoms with E-state index in [0.29, 0.717) is 0 Å². The van der Waals surface area contributed by atoms with Gasteiger partial charge in [0.25, 0.3) is 0 Å². The SMILES string of the molecule is CC1CC(C)CC2(CN=C(N)N2C)C1. The third-order valence-electron chi connectivity index (χ3n) is 3.85.